The Hall–Kier alpha value is -2.62. The maximum atomic E-state index is 13.3. The molecule has 0 amide bonds. The molecule has 1 aliphatic rings. The van der Waals surface area contributed by atoms with E-state index in [9.17, 15) is 9.59 Å². The Bertz CT molecular complexity index is 810. The number of carbonyl (C=O) groups is 2. The minimum atomic E-state index is -0.951. The highest BCUT2D eigenvalue weighted by Crippen LogP contribution is 2.44. The first-order valence-corrected chi connectivity index (χ1v) is 9.94. The first-order chi connectivity index (χ1) is 13.4. The van der Waals surface area contributed by atoms with Crippen LogP contribution in [-0.2, 0) is 19.7 Å². The van der Waals surface area contributed by atoms with Crippen molar-refractivity contribution in [3.8, 4) is 0 Å². The fourth-order valence-corrected chi connectivity index (χ4v) is 3.81. The molecule has 2 unspecified atom stereocenters. The van der Waals surface area contributed by atoms with E-state index >= 15 is 0 Å². The van der Waals surface area contributed by atoms with E-state index in [1.54, 1.807) is 24.3 Å². The lowest BCUT2D eigenvalue weighted by atomic mass is 9.76. The van der Waals surface area contributed by atoms with Gasteiger partial charge in [0, 0.05) is 0 Å². The van der Waals surface area contributed by atoms with Crippen LogP contribution in [-0.4, -0.2) is 24.6 Å². The van der Waals surface area contributed by atoms with Crippen LogP contribution in [0.5, 0.6) is 0 Å². The fourth-order valence-electron chi connectivity index (χ4n) is 3.81. The Labute approximate surface area is 166 Å². The number of rotatable bonds is 6. The van der Waals surface area contributed by atoms with Gasteiger partial charge >= 0.3 is 11.9 Å². The second-order valence-electron chi connectivity index (χ2n) is 7.98. The van der Waals surface area contributed by atoms with E-state index in [-0.39, 0.29) is 11.9 Å². The molecule has 0 radical (unpaired) electrons. The van der Waals surface area contributed by atoms with Gasteiger partial charge in [0.15, 0.2) is 0 Å². The maximum Gasteiger partial charge on any atom is 0.338 e. The smallest absolute Gasteiger partial charge is 0.338 e. The van der Waals surface area contributed by atoms with Crippen LogP contribution in [0.25, 0.3) is 0 Å². The van der Waals surface area contributed by atoms with E-state index in [0.29, 0.717) is 25.0 Å². The minimum Gasteiger partial charge on any atom is -0.465 e. The van der Waals surface area contributed by atoms with Crippen LogP contribution in [0.15, 0.2) is 54.6 Å². The van der Waals surface area contributed by atoms with E-state index in [0.717, 1.165) is 17.5 Å². The summed E-state index contributed by atoms with van der Waals surface area (Å²) in [4.78, 5) is 26.0. The lowest BCUT2D eigenvalue weighted by molar-refractivity contribution is -0.155. The summed E-state index contributed by atoms with van der Waals surface area (Å²) in [6.07, 6.45) is 1.52. The Morgan fingerprint density at radius 1 is 1.07 bits per heavy atom. The molecule has 1 aliphatic carbocycles. The van der Waals surface area contributed by atoms with Crippen molar-refractivity contribution >= 4 is 11.9 Å². The molecule has 1 saturated carbocycles. The predicted molar refractivity (Wildman–Crippen MR) is 108 cm³/mol. The standard InChI is InChI=1S/C24H28O4/c1-17(2)16-27-23(26)24(20-13-11-18(3)12-14-20)15-7-10-21(24)28-22(25)19-8-5-4-6-9-19/h4-6,8-9,11-14,17,21H,7,10,15-16H2,1-3H3. The highest BCUT2D eigenvalue weighted by atomic mass is 16.6. The van der Waals surface area contributed by atoms with Gasteiger partial charge in [-0.3, -0.25) is 4.79 Å². The van der Waals surface area contributed by atoms with E-state index in [4.69, 9.17) is 9.47 Å². The van der Waals surface area contributed by atoms with Crippen LogP contribution in [0.1, 0.15) is 54.6 Å². The Kier molecular flexibility index (Phi) is 6.18. The third-order valence-electron chi connectivity index (χ3n) is 5.32. The molecule has 4 heteroatoms. The fraction of sp³-hybridized carbons (Fsp3) is 0.417. The number of ether oxygens (including phenoxy) is 2. The van der Waals surface area contributed by atoms with Crippen LogP contribution in [0.3, 0.4) is 0 Å². The van der Waals surface area contributed by atoms with Gasteiger partial charge in [0.05, 0.1) is 12.2 Å². The molecule has 0 aliphatic heterocycles. The number of esters is 2. The summed E-state index contributed by atoms with van der Waals surface area (Å²) in [6, 6.07) is 16.8. The van der Waals surface area contributed by atoms with Gasteiger partial charge in [-0.1, -0.05) is 61.9 Å². The molecular weight excluding hydrogens is 352 g/mol. The first kappa shape index (κ1) is 20.1. The van der Waals surface area contributed by atoms with Crippen LogP contribution < -0.4 is 0 Å². The average Bonchev–Trinajstić information content (AvgIpc) is 3.11. The molecule has 0 aromatic heterocycles. The molecule has 0 bridgehead atoms. The number of hydrogen-bond acceptors (Lipinski definition) is 4. The highest BCUT2D eigenvalue weighted by molar-refractivity contribution is 5.91. The van der Waals surface area contributed by atoms with Gasteiger partial charge < -0.3 is 9.47 Å². The quantitative estimate of drug-likeness (QED) is 0.673. The molecule has 2 aromatic carbocycles. The Morgan fingerprint density at radius 3 is 2.39 bits per heavy atom. The van der Waals surface area contributed by atoms with Gasteiger partial charge in [0.25, 0.3) is 0 Å². The first-order valence-electron chi connectivity index (χ1n) is 9.94. The summed E-state index contributed by atoms with van der Waals surface area (Å²) >= 11 is 0. The molecule has 0 heterocycles. The van der Waals surface area contributed by atoms with Gasteiger partial charge in [-0.05, 0) is 49.8 Å². The van der Waals surface area contributed by atoms with E-state index in [1.165, 1.54) is 0 Å². The highest BCUT2D eigenvalue weighted by Gasteiger charge is 2.54. The second kappa shape index (κ2) is 8.59. The normalized spacial score (nSPS) is 21.5. The second-order valence-corrected chi connectivity index (χ2v) is 7.98. The third-order valence-corrected chi connectivity index (χ3v) is 5.32. The largest absolute Gasteiger partial charge is 0.465 e. The topological polar surface area (TPSA) is 52.6 Å². The summed E-state index contributed by atoms with van der Waals surface area (Å²) in [7, 11) is 0. The van der Waals surface area contributed by atoms with Gasteiger partial charge in [-0.25, -0.2) is 4.79 Å². The van der Waals surface area contributed by atoms with Crippen molar-refractivity contribution in [1.29, 1.82) is 0 Å². The van der Waals surface area contributed by atoms with Gasteiger partial charge in [0.2, 0.25) is 0 Å². The number of benzene rings is 2. The van der Waals surface area contributed by atoms with Gasteiger partial charge in [-0.2, -0.15) is 0 Å². The van der Waals surface area contributed by atoms with Crippen LogP contribution >= 0.6 is 0 Å². The van der Waals surface area contributed by atoms with Crippen molar-refractivity contribution in [3.63, 3.8) is 0 Å². The summed E-state index contributed by atoms with van der Waals surface area (Å²) < 4.78 is 11.5. The average molecular weight is 380 g/mol. The zero-order valence-electron chi connectivity index (χ0n) is 16.8. The van der Waals surface area contributed by atoms with Crippen molar-refractivity contribution in [2.45, 2.75) is 51.6 Å². The SMILES string of the molecule is Cc1ccc(C2(C(=O)OCC(C)C)CCCC2OC(=O)c2ccccc2)cc1. The van der Waals surface area contributed by atoms with Gasteiger partial charge in [0.1, 0.15) is 11.5 Å². The molecule has 28 heavy (non-hydrogen) atoms. The predicted octanol–water partition coefficient (Wildman–Crippen LogP) is 4.84. The molecule has 4 nitrogen and oxygen atoms in total. The third kappa shape index (κ3) is 4.11. The zero-order chi connectivity index (χ0) is 20.1. The van der Waals surface area contributed by atoms with Crippen molar-refractivity contribution in [2.24, 2.45) is 5.92 Å². The van der Waals surface area contributed by atoms with Crippen LogP contribution in [0, 0.1) is 12.8 Å². The van der Waals surface area contributed by atoms with Crippen LogP contribution in [0.2, 0.25) is 0 Å². The summed E-state index contributed by atoms with van der Waals surface area (Å²) in [5, 5.41) is 0. The lowest BCUT2D eigenvalue weighted by Gasteiger charge is -2.33. The molecular formula is C24H28O4. The number of carbonyl (C=O) groups excluding carboxylic acids is 2. The van der Waals surface area contributed by atoms with E-state index in [1.807, 2.05) is 51.1 Å². The number of aryl methyl sites for hydroxylation is 1. The monoisotopic (exact) mass is 380 g/mol. The molecule has 2 aromatic rings. The van der Waals surface area contributed by atoms with Crippen molar-refractivity contribution in [1.82, 2.24) is 0 Å². The zero-order valence-corrected chi connectivity index (χ0v) is 16.8. The lowest BCUT2D eigenvalue weighted by Crippen LogP contribution is -2.46. The molecule has 148 valence electrons. The summed E-state index contributed by atoms with van der Waals surface area (Å²) in [5.41, 5.74) is 1.51. The van der Waals surface area contributed by atoms with Gasteiger partial charge in [-0.15, -0.1) is 0 Å². The molecule has 2 atom stereocenters. The summed E-state index contributed by atoms with van der Waals surface area (Å²) in [5.74, 6) is -0.459. The van der Waals surface area contributed by atoms with Crippen LogP contribution in [0.4, 0.5) is 0 Å². The number of hydrogen-bond donors (Lipinski definition) is 0. The molecule has 3 rings (SSSR count). The van der Waals surface area contributed by atoms with E-state index in [2.05, 4.69) is 0 Å². The maximum absolute atomic E-state index is 13.3. The van der Waals surface area contributed by atoms with E-state index < -0.39 is 17.5 Å². The Balaban J connectivity index is 1.93. The van der Waals surface area contributed by atoms with Crippen molar-refractivity contribution in [2.75, 3.05) is 6.61 Å². The van der Waals surface area contributed by atoms with Crippen molar-refractivity contribution < 1.29 is 19.1 Å². The molecule has 1 fully saturated rings. The minimum absolute atomic E-state index is 0.241. The summed E-state index contributed by atoms with van der Waals surface area (Å²) in [6.45, 7) is 6.38. The molecule has 0 spiro atoms. The molecule has 0 saturated heterocycles. The molecule has 0 N–H and O–H groups in total. The Morgan fingerprint density at radius 2 is 1.75 bits per heavy atom. The van der Waals surface area contributed by atoms with Crippen molar-refractivity contribution in [3.05, 3.63) is 71.3 Å².